The summed E-state index contributed by atoms with van der Waals surface area (Å²) in [4.78, 5) is 0. The van der Waals surface area contributed by atoms with Gasteiger partial charge in [0.1, 0.15) is 5.75 Å². The van der Waals surface area contributed by atoms with E-state index < -0.39 is 0 Å². The molecule has 1 aromatic carbocycles. The van der Waals surface area contributed by atoms with Crippen molar-refractivity contribution in [2.45, 2.75) is 51.7 Å². The van der Waals surface area contributed by atoms with Crippen LogP contribution in [0.4, 0.5) is 0 Å². The van der Waals surface area contributed by atoms with Gasteiger partial charge in [0.25, 0.3) is 0 Å². The highest BCUT2D eigenvalue weighted by atomic mass is 16.5. The molecule has 1 aliphatic heterocycles. The SMILES string of the molecule is CCNC(CC1CC(OCC)C1)c1ccc2c(c1)CCO2. The summed E-state index contributed by atoms with van der Waals surface area (Å²) in [6.45, 7) is 6.97. The number of hydrogen-bond acceptors (Lipinski definition) is 3. The van der Waals surface area contributed by atoms with E-state index in [2.05, 4.69) is 37.4 Å². The van der Waals surface area contributed by atoms with Crippen LogP contribution in [0.2, 0.25) is 0 Å². The molecule has 1 saturated carbocycles. The van der Waals surface area contributed by atoms with Gasteiger partial charge in [0.2, 0.25) is 0 Å². The Morgan fingerprint density at radius 3 is 2.95 bits per heavy atom. The summed E-state index contributed by atoms with van der Waals surface area (Å²) >= 11 is 0. The lowest BCUT2D eigenvalue weighted by atomic mass is 9.77. The number of rotatable bonds is 7. The zero-order valence-corrected chi connectivity index (χ0v) is 13.2. The molecule has 0 spiro atoms. The molecule has 1 heterocycles. The largest absolute Gasteiger partial charge is 0.493 e. The van der Waals surface area contributed by atoms with E-state index in [0.29, 0.717) is 12.1 Å². The summed E-state index contributed by atoms with van der Waals surface area (Å²) in [7, 11) is 0. The minimum atomic E-state index is 0.466. The summed E-state index contributed by atoms with van der Waals surface area (Å²) in [6, 6.07) is 7.18. The normalized spacial score (nSPS) is 25.0. The fourth-order valence-electron chi connectivity index (χ4n) is 3.58. The van der Waals surface area contributed by atoms with Crippen molar-refractivity contribution < 1.29 is 9.47 Å². The van der Waals surface area contributed by atoms with Gasteiger partial charge in [-0.1, -0.05) is 19.1 Å². The molecule has 0 bridgehead atoms. The molecule has 3 rings (SSSR count). The van der Waals surface area contributed by atoms with Crippen LogP contribution in [-0.4, -0.2) is 25.9 Å². The van der Waals surface area contributed by atoms with Gasteiger partial charge in [-0.3, -0.25) is 0 Å². The monoisotopic (exact) mass is 289 g/mol. The highest BCUT2D eigenvalue weighted by Gasteiger charge is 2.31. The van der Waals surface area contributed by atoms with Crippen LogP contribution >= 0.6 is 0 Å². The average Bonchev–Trinajstić information content (AvgIpc) is 2.91. The zero-order valence-electron chi connectivity index (χ0n) is 13.2. The number of fused-ring (bicyclic) bond motifs is 1. The molecule has 0 saturated heterocycles. The van der Waals surface area contributed by atoms with Crippen molar-refractivity contribution >= 4 is 0 Å². The molecule has 3 nitrogen and oxygen atoms in total. The Morgan fingerprint density at radius 1 is 1.33 bits per heavy atom. The summed E-state index contributed by atoms with van der Waals surface area (Å²) in [5, 5.41) is 3.65. The maximum Gasteiger partial charge on any atom is 0.122 e. The molecule has 3 heteroatoms. The van der Waals surface area contributed by atoms with Crippen molar-refractivity contribution in [3.63, 3.8) is 0 Å². The van der Waals surface area contributed by atoms with Gasteiger partial charge < -0.3 is 14.8 Å². The Hall–Kier alpha value is -1.06. The molecule has 0 amide bonds. The topological polar surface area (TPSA) is 30.5 Å². The molecule has 0 radical (unpaired) electrons. The maximum absolute atomic E-state index is 5.68. The fourth-order valence-corrected chi connectivity index (χ4v) is 3.58. The molecule has 0 aromatic heterocycles. The minimum absolute atomic E-state index is 0.466. The Bertz CT molecular complexity index is 468. The number of benzene rings is 1. The first kappa shape index (κ1) is 14.9. The molecular weight excluding hydrogens is 262 g/mol. The maximum atomic E-state index is 5.68. The molecule has 1 fully saturated rings. The summed E-state index contributed by atoms with van der Waals surface area (Å²) in [6.07, 6.45) is 5.23. The van der Waals surface area contributed by atoms with E-state index in [1.165, 1.54) is 30.4 Å². The van der Waals surface area contributed by atoms with E-state index in [1.54, 1.807) is 0 Å². The second-order valence-electron chi connectivity index (χ2n) is 6.23. The second-order valence-corrected chi connectivity index (χ2v) is 6.23. The van der Waals surface area contributed by atoms with E-state index in [1.807, 2.05) is 0 Å². The highest BCUT2D eigenvalue weighted by molar-refractivity contribution is 5.40. The Morgan fingerprint density at radius 2 is 2.19 bits per heavy atom. The van der Waals surface area contributed by atoms with Gasteiger partial charge in [-0.2, -0.15) is 0 Å². The first-order chi connectivity index (χ1) is 10.3. The molecule has 2 aliphatic rings. The number of hydrogen-bond donors (Lipinski definition) is 1. The lowest BCUT2D eigenvalue weighted by Gasteiger charge is -2.37. The molecule has 21 heavy (non-hydrogen) atoms. The van der Waals surface area contributed by atoms with Gasteiger partial charge in [-0.25, -0.2) is 0 Å². The van der Waals surface area contributed by atoms with Crippen LogP contribution in [0.25, 0.3) is 0 Å². The van der Waals surface area contributed by atoms with E-state index >= 15 is 0 Å². The van der Waals surface area contributed by atoms with E-state index in [9.17, 15) is 0 Å². The predicted molar refractivity (Wildman–Crippen MR) is 84.8 cm³/mol. The van der Waals surface area contributed by atoms with E-state index in [4.69, 9.17) is 9.47 Å². The molecule has 1 aliphatic carbocycles. The van der Waals surface area contributed by atoms with Crippen LogP contribution < -0.4 is 10.1 Å². The molecule has 1 unspecified atom stereocenters. The first-order valence-electron chi connectivity index (χ1n) is 8.40. The van der Waals surface area contributed by atoms with Gasteiger partial charge in [0, 0.05) is 19.1 Å². The number of nitrogens with one attached hydrogen (secondary N) is 1. The number of ether oxygens (including phenoxy) is 2. The third-order valence-electron chi connectivity index (χ3n) is 4.73. The van der Waals surface area contributed by atoms with Gasteiger partial charge in [0.05, 0.1) is 12.7 Å². The lowest BCUT2D eigenvalue weighted by Crippen LogP contribution is -2.34. The van der Waals surface area contributed by atoms with Crippen molar-refractivity contribution in [1.82, 2.24) is 5.32 Å². The average molecular weight is 289 g/mol. The van der Waals surface area contributed by atoms with Crippen molar-refractivity contribution in [3.8, 4) is 5.75 Å². The smallest absolute Gasteiger partial charge is 0.122 e. The summed E-state index contributed by atoms with van der Waals surface area (Å²) < 4.78 is 11.3. The Labute approximate surface area is 128 Å². The van der Waals surface area contributed by atoms with E-state index in [0.717, 1.165) is 37.8 Å². The summed E-state index contributed by atoms with van der Waals surface area (Å²) in [5.74, 6) is 1.88. The summed E-state index contributed by atoms with van der Waals surface area (Å²) in [5.41, 5.74) is 2.79. The van der Waals surface area contributed by atoms with Gasteiger partial charge in [0.15, 0.2) is 0 Å². The predicted octanol–water partition coefficient (Wildman–Crippen LogP) is 3.48. The third-order valence-corrected chi connectivity index (χ3v) is 4.73. The van der Waals surface area contributed by atoms with Gasteiger partial charge in [-0.05, 0) is 55.8 Å². The lowest BCUT2D eigenvalue weighted by molar-refractivity contribution is -0.0291. The second kappa shape index (κ2) is 6.80. The Kier molecular flexibility index (Phi) is 4.81. The van der Waals surface area contributed by atoms with Crippen molar-refractivity contribution in [2.75, 3.05) is 19.8 Å². The van der Waals surface area contributed by atoms with Crippen LogP contribution in [-0.2, 0) is 11.2 Å². The standard InChI is InChI=1S/C18H27NO2/c1-3-19-17(11-13-9-16(10-13)20-4-2)14-5-6-18-15(12-14)7-8-21-18/h5-6,12-13,16-17,19H,3-4,7-11H2,1-2H3. The van der Waals surface area contributed by atoms with Crippen LogP contribution in [0.5, 0.6) is 5.75 Å². The van der Waals surface area contributed by atoms with Crippen molar-refractivity contribution in [3.05, 3.63) is 29.3 Å². The molecule has 116 valence electrons. The van der Waals surface area contributed by atoms with E-state index in [-0.39, 0.29) is 0 Å². The first-order valence-corrected chi connectivity index (χ1v) is 8.40. The third kappa shape index (κ3) is 3.41. The van der Waals surface area contributed by atoms with Crippen molar-refractivity contribution in [1.29, 1.82) is 0 Å². The Balaban J connectivity index is 1.62. The quantitative estimate of drug-likeness (QED) is 0.833. The highest BCUT2D eigenvalue weighted by Crippen LogP contribution is 2.38. The molecule has 1 N–H and O–H groups in total. The minimum Gasteiger partial charge on any atom is -0.493 e. The molecule has 1 atom stereocenters. The van der Waals surface area contributed by atoms with Crippen LogP contribution in [0, 0.1) is 5.92 Å². The molecule has 1 aromatic rings. The van der Waals surface area contributed by atoms with Crippen LogP contribution in [0.15, 0.2) is 18.2 Å². The fraction of sp³-hybridized carbons (Fsp3) is 0.667. The van der Waals surface area contributed by atoms with Crippen molar-refractivity contribution in [2.24, 2.45) is 5.92 Å². The molecular formula is C18H27NO2. The van der Waals surface area contributed by atoms with Gasteiger partial charge >= 0.3 is 0 Å². The van der Waals surface area contributed by atoms with Gasteiger partial charge in [-0.15, -0.1) is 0 Å². The van der Waals surface area contributed by atoms with Crippen LogP contribution in [0.1, 0.15) is 50.3 Å². The zero-order chi connectivity index (χ0) is 14.7. The van der Waals surface area contributed by atoms with Crippen LogP contribution in [0.3, 0.4) is 0 Å².